The molecule has 3 rings (SSSR count). The average molecular weight is 264 g/mol. The van der Waals surface area contributed by atoms with Gasteiger partial charge in [-0.15, -0.1) is 0 Å². The molecular weight excluding hydrogens is 250 g/mol. The highest BCUT2D eigenvalue weighted by molar-refractivity contribution is 9.10. The number of fused-ring (bicyclic) bond motifs is 1. The Morgan fingerprint density at radius 3 is 2.93 bits per heavy atom. The minimum absolute atomic E-state index is 0.946. The summed E-state index contributed by atoms with van der Waals surface area (Å²) in [6.45, 7) is 2.18. The number of hydrogen-bond acceptors (Lipinski definition) is 0. The standard InChI is InChI=1S/C13H14BrN/c1-8-11(7-9-5-6-9)10-3-2-4-12(14)13(10)15-8/h2-4,9,15H,5-7H2,1H3. The van der Waals surface area contributed by atoms with Crippen LogP contribution in [0.5, 0.6) is 0 Å². The highest BCUT2D eigenvalue weighted by Gasteiger charge is 2.24. The molecule has 1 fully saturated rings. The van der Waals surface area contributed by atoms with Crippen LogP contribution in [0.15, 0.2) is 22.7 Å². The van der Waals surface area contributed by atoms with Crippen LogP contribution in [0.25, 0.3) is 10.9 Å². The Bertz CT molecular complexity index is 508. The number of halogens is 1. The van der Waals surface area contributed by atoms with Gasteiger partial charge in [-0.1, -0.05) is 12.1 Å². The average Bonchev–Trinajstić information content (AvgIpc) is 2.96. The van der Waals surface area contributed by atoms with Crippen molar-refractivity contribution < 1.29 is 0 Å². The highest BCUT2D eigenvalue weighted by Crippen LogP contribution is 2.37. The van der Waals surface area contributed by atoms with E-state index >= 15 is 0 Å². The molecule has 0 atom stereocenters. The van der Waals surface area contributed by atoms with Crippen molar-refractivity contribution >= 4 is 26.8 Å². The van der Waals surface area contributed by atoms with E-state index < -0.39 is 0 Å². The fourth-order valence-electron chi connectivity index (χ4n) is 2.24. The fourth-order valence-corrected chi connectivity index (χ4v) is 2.71. The molecule has 78 valence electrons. The van der Waals surface area contributed by atoms with E-state index in [2.05, 4.69) is 46.0 Å². The maximum atomic E-state index is 3.59. The zero-order valence-corrected chi connectivity index (χ0v) is 10.4. The molecule has 1 nitrogen and oxygen atoms in total. The van der Waals surface area contributed by atoms with Crippen molar-refractivity contribution in [2.75, 3.05) is 0 Å². The molecule has 1 aromatic heterocycles. The van der Waals surface area contributed by atoms with Crippen molar-refractivity contribution in [1.82, 2.24) is 4.98 Å². The summed E-state index contributed by atoms with van der Waals surface area (Å²) in [6.07, 6.45) is 4.09. The Hall–Kier alpha value is -0.760. The molecule has 0 aliphatic heterocycles. The third kappa shape index (κ3) is 1.61. The molecule has 1 N–H and O–H groups in total. The van der Waals surface area contributed by atoms with E-state index in [9.17, 15) is 0 Å². The Balaban J connectivity index is 2.18. The first-order valence-corrected chi connectivity index (χ1v) is 6.30. The lowest BCUT2D eigenvalue weighted by Crippen LogP contribution is -1.87. The molecule has 0 unspecified atom stereocenters. The molecule has 0 saturated heterocycles. The minimum atomic E-state index is 0.946. The van der Waals surface area contributed by atoms with Crippen molar-refractivity contribution in [2.24, 2.45) is 5.92 Å². The number of hydrogen-bond donors (Lipinski definition) is 1. The normalized spacial score (nSPS) is 16.1. The summed E-state index contributed by atoms with van der Waals surface area (Å²) in [5.41, 5.74) is 4.11. The van der Waals surface area contributed by atoms with Crippen LogP contribution in [0.4, 0.5) is 0 Å². The maximum absolute atomic E-state index is 3.59. The smallest absolute Gasteiger partial charge is 0.0603 e. The first-order valence-electron chi connectivity index (χ1n) is 5.51. The maximum Gasteiger partial charge on any atom is 0.0603 e. The Morgan fingerprint density at radius 1 is 1.40 bits per heavy atom. The van der Waals surface area contributed by atoms with Gasteiger partial charge >= 0.3 is 0 Å². The lowest BCUT2D eigenvalue weighted by atomic mass is 10.1. The third-order valence-corrected chi connectivity index (χ3v) is 3.95. The molecule has 2 heteroatoms. The van der Waals surface area contributed by atoms with E-state index in [-0.39, 0.29) is 0 Å². The van der Waals surface area contributed by atoms with Crippen LogP contribution in [0.1, 0.15) is 24.1 Å². The summed E-state index contributed by atoms with van der Waals surface area (Å²) in [5, 5.41) is 1.40. The van der Waals surface area contributed by atoms with Crippen molar-refractivity contribution in [3.05, 3.63) is 33.9 Å². The zero-order valence-electron chi connectivity index (χ0n) is 8.81. The number of nitrogens with one attached hydrogen (secondary N) is 1. The largest absolute Gasteiger partial charge is 0.357 e. The van der Waals surface area contributed by atoms with Crippen molar-refractivity contribution in [1.29, 1.82) is 0 Å². The third-order valence-electron chi connectivity index (χ3n) is 3.29. The summed E-state index contributed by atoms with van der Waals surface area (Å²) in [4.78, 5) is 3.48. The monoisotopic (exact) mass is 263 g/mol. The minimum Gasteiger partial charge on any atom is -0.357 e. The second-order valence-corrected chi connectivity index (χ2v) is 5.39. The molecule has 0 spiro atoms. The molecule has 1 aliphatic rings. The van der Waals surface area contributed by atoms with E-state index in [1.54, 1.807) is 0 Å². The Labute approximate surface area is 98.0 Å². The predicted octanol–water partition coefficient (Wildman–Crippen LogP) is 4.19. The lowest BCUT2D eigenvalue weighted by Gasteiger charge is -1.99. The van der Waals surface area contributed by atoms with Gasteiger partial charge in [0.2, 0.25) is 0 Å². The van der Waals surface area contributed by atoms with Crippen molar-refractivity contribution in [3.8, 4) is 0 Å². The number of rotatable bonds is 2. The SMILES string of the molecule is Cc1[nH]c2c(Br)cccc2c1CC1CC1. The first-order chi connectivity index (χ1) is 7.25. The summed E-state index contributed by atoms with van der Waals surface area (Å²) in [6, 6.07) is 6.44. The molecule has 0 bridgehead atoms. The Morgan fingerprint density at radius 2 is 2.20 bits per heavy atom. The van der Waals surface area contributed by atoms with Crippen molar-refractivity contribution in [3.63, 3.8) is 0 Å². The number of aryl methyl sites for hydroxylation is 1. The van der Waals surface area contributed by atoms with Crippen LogP contribution in [0, 0.1) is 12.8 Å². The lowest BCUT2D eigenvalue weighted by molar-refractivity contribution is 0.831. The predicted molar refractivity (Wildman–Crippen MR) is 67.2 cm³/mol. The second kappa shape index (κ2) is 3.38. The second-order valence-electron chi connectivity index (χ2n) is 4.54. The molecule has 0 radical (unpaired) electrons. The molecule has 15 heavy (non-hydrogen) atoms. The quantitative estimate of drug-likeness (QED) is 0.837. The van der Waals surface area contributed by atoms with E-state index in [1.165, 1.54) is 45.9 Å². The van der Waals surface area contributed by atoms with Gasteiger partial charge in [0.25, 0.3) is 0 Å². The Kier molecular flexibility index (Phi) is 2.13. The van der Waals surface area contributed by atoms with Gasteiger partial charge < -0.3 is 4.98 Å². The van der Waals surface area contributed by atoms with Gasteiger partial charge in [-0.2, -0.15) is 0 Å². The van der Waals surface area contributed by atoms with Crippen LogP contribution >= 0.6 is 15.9 Å². The van der Waals surface area contributed by atoms with E-state index in [0.717, 1.165) is 5.92 Å². The van der Waals surface area contributed by atoms with Gasteiger partial charge in [0.05, 0.1) is 5.52 Å². The van der Waals surface area contributed by atoms with Gasteiger partial charge in [0, 0.05) is 15.6 Å². The van der Waals surface area contributed by atoms with E-state index in [1.807, 2.05) is 0 Å². The van der Waals surface area contributed by atoms with Crippen LogP contribution in [-0.2, 0) is 6.42 Å². The number of aromatic amines is 1. The van der Waals surface area contributed by atoms with Gasteiger partial charge in [0.15, 0.2) is 0 Å². The highest BCUT2D eigenvalue weighted by atomic mass is 79.9. The van der Waals surface area contributed by atoms with E-state index in [0.29, 0.717) is 0 Å². The molecule has 1 aromatic carbocycles. The number of para-hydroxylation sites is 1. The van der Waals surface area contributed by atoms with Crippen LogP contribution in [0.3, 0.4) is 0 Å². The molecular formula is C13H14BrN. The number of H-pyrrole nitrogens is 1. The van der Waals surface area contributed by atoms with Crippen LogP contribution in [-0.4, -0.2) is 4.98 Å². The summed E-state index contributed by atoms with van der Waals surface area (Å²) in [5.74, 6) is 0.946. The molecule has 1 saturated carbocycles. The van der Waals surface area contributed by atoms with Gasteiger partial charge in [0.1, 0.15) is 0 Å². The summed E-state index contributed by atoms with van der Waals surface area (Å²) >= 11 is 3.59. The first kappa shape index (κ1) is 9.46. The molecule has 2 aromatic rings. The molecule has 1 aliphatic carbocycles. The number of benzene rings is 1. The molecule has 1 heterocycles. The summed E-state index contributed by atoms with van der Waals surface area (Å²) < 4.78 is 1.17. The van der Waals surface area contributed by atoms with Gasteiger partial charge in [-0.3, -0.25) is 0 Å². The number of aromatic nitrogens is 1. The van der Waals surface area contributed by atoms with Gasteiger partial charge in [-0.05, 0) is 59.7 Å². The van der Waals surface area contributed by atoms with Gasteiger partial charge in [-0.25, -0.2) is 0 Å². The van der Waals surface area contributed by atoms with E-state index in [4.69, 9.17) is 0 Å². The topological polar surface area (TPSA) is 15.8 Å². The zero-order chi connectivity index (χ0) is 10.4. The molecule has 0 amide bonds. The van der Waals surface area contributed by atoms with Crippen LogP contribution < -0.4 is 0 Å². The summed E-state index contributed by atoms with van der Waals surface area (Å²) in [7, 11) is 0. The van der Waals surface area contributed by atoms with Crippen LogP contribution in [0.2, 0.25) is 0 Å². The fraction of sp³-hybridized carbons (Fsp3) is 0.385. The van der Waals surface area contributed by atoms with Crippen molar-refractivity contribution in [2.45, 2.75) is 26.2 Å².